The van der Waals surface area contributed by atoms with Gasteiger partial charge in [0, 0.05) is 24.8 Å². The summed E-state index contributed by atoms with van der Waals surface area (Å²) in [6.07, 6.45) is 0. The highest BCUT2D eigenvalue weighted by molar-refractivity contribution is 6.04. The van der Waals surface area contributed by atoms with Gasteiger partial charge in [-0.1, -0.05) is 37.3 Å². The van der Waals surface area contributed by atoms with E-state index < -0.39 is 11.9 Å². The monoisotopic (exact) mass is 383 g/mol. The van der Waals surface area contributed by atoms with Crippen LogP contribution in [0.3, 0.4) is 0 Å². The number of urea groups is 1. The second-order valence-corrected chi connectivity index (χ2v) is 6.74. The van der Waals surface area contributed by atoms with E-state index in [1.807, 2.05) is 19.1 Å². The van der Waals surface area contributed by atoms with Crippen molar-refractivity contribution in [1.82, 2.24) is 10.2 Å². The van der Waals surface area contributed by atoms with Crippen LogP contribution in [0.5, 0.6) is 0 Å². The lowest BCUT2D eigenvalue weighted by Gasteiger charge is -2.23. The first-order valence-electron chi connectivity index (χ1n) is 8.98. The van der Waals surface area contributed by atoms with Crippen LogP contribution >= 0.6 is 0 Å². The average Bonchev–Trinajstić information content (AvgIpc) is 2.68. The van der Waals surface area contributed by atoms with Crippen molar-refractivity contribution in [1.29, 1.82) is 0 Å². The van der Waals surface area contributed by atoms with Gasteiger partial charge in [0.2, 0.25) is 0 Å². The van der Waals surface area contributed by atoms with Gasteiger partial charge < -0.3 is 20.6 Å². The Morgan fingerprint density at radius 1 is 1.04 bits per heavy atom. The Labute approximate surface area is 164 Å². The first-order valence-corrected chi connectivity index (χ1v) is 8.98. The molecule has 7 heteroatoms. The number of nitrogens with one attached hydrogen (secondary N) is 2. The quantitative estimate of drug-likeness (QED) is 0.683. The fourth-order valence-electron chi connectivity index (χ4n) is 2.63. The molecule has 2 aromatic carbocycles. The third-order valence-corrected chi connectivity index (χ3v) is 4.34. The molecule has 0 spiro atoms. The zero-order valence-corrected chi connectivity index (χ0v) is 16.2. The topological polar surface area (TPSA) is 98.7 Å². The number of rotatable bonds is 7. The van der Waals surface area contributed by atoms with Crippen LogP contribution in [0.4, 0.5) is 10.5 Å². The number of aliphatic carboxylic acids is 1. The minimum atomic E-state index is -0.949. The SMILES string of the molecule is CC(CN(C)C(=O)NC(C)c1cccc(NC(=O)c2ccccc2)c1)C(=O)O. The Kier molecular flexibility index (Phi) is 7.14. The van der Waals surface area contributed by atoms with Crippen LogP contribution in [0.25, 0.3) is 0 Å². The Morgan fingerprint density at radius 3 is 2.36 bits per heavy atom. The molecular formula is C21H25N3O4. The standard InChI is InChI=1S/C21H25N3O4/c1-14(20(26)27)13-24(3)21(28)22-15(2)17-10-7-11-18(12-17)23-19(25)16-8-5-4-6-9-16/h4-12,14-15H,13H2,1-3H3,(H,22,28)(H,23,25)(H,26,27). The molecule has 3 amide bonds. The summed E-state index contributed by atoms with van der Waals surface area (Å²) in [6.45, 7) is 3.49. The molecule has 0 aliphatic carbocycles. The molecule has 0 saturated carbocycles. The molecule has 0 heterocycles. The predicted molar refractivity (Wildman–Crippen MR) is 107 cm³/mol. The van der Waals surface area contributed by atoms with E-state index in [1.165, 1.54) is 4.90 Å². The van der Waals surface area contributed by atoms with Gasteiger partial charge in [-0.05, 0) is 36.8 Å². The molecule has 2 aromatic rings. The first kappa shape index (κ1) is 21.0. The first-order chi connectivity index (χ1) is 13.3. The van der Waals surface area contributed by atoms with Gasteiger partial charge in [-0.15, -0.1) is 0 Å². The minimum absolute atomic E-state index is 0.112. The summed E-state index contributed by atoms with van der Waals surface area (Å²) in [4.78, 5) is 36.8. The smallest absolute Gasteiger partial charge is 0.317 e. The maximum Gasteiger partial charge on any atom is 0.317 e. The van der Waals surface area contributed by atoms with Crippen LogP contribution in [0.15, 0.2) is 54.6 Å². The number of carboxylic acids is 1. The van der Waals surface area contributed by atoms with Crippen LogP contribution in [0.2, 0.25) is 0 Å². The van der Waals surface area contributed by atoms with Crippen molar-refractivity contribution in [3.8, 4) is 0 Å². The van der Waals surface area contributed by atoms with E-state index in [0.717, 1.165) is 5.56 Å². The van der Waals surface area contributed by atoms with Crippen molar-refractivity contribution in [3.63, 3.8) is 0 Å². The molecule has 7 nitrogen and oxygen atoms in total. The molecule has 0 aromatic heterocycles. The molecule has 0 aliphatic heterocycles. The number of hydrogen-bond donors (Lipinski definition) is 3. The summed E-state index contributed by atoms with van der Waals surface area (Å²) in [7, 11) is 1.55. The lowest BCUT2D eigenvalue weighted by atomic mass is 10.1. The van der Waals surface area contributed by atoms with Crippen LogP contribution in [0, 0.1) is 5.92 Å². The van der Waals surface area contributed by atoms with E-state index >= 15 is 0 Å². The summed E-state index contributed by atoms with van der Waals surface area (Å²) in [5.74, 6) is -1.81. The average molecular weight is 383 g/mol. The second-order valence-electron chi connectivity index (χ2n) is 6.74. The van der Waals surface area contributed by atoms with Gasteiger partial charge >= 0.3 is 12.0 Å². The predicted octanol–water partition coefficient (Wildman–Crippen LogP) is 3.36. The van der Waals surface area contributed by atoms with E-state index in [9.17, 15) is 14.4 Å². The molecule has 0 aliphatic rings. The summed E-state index contributed by atoms with van der Waals surface area (Å²) < 4.78 is 0. The highest BCUT2D eigenvalue weighted by atomic mass is 16.4. The fourth-order valence-corrected chi connectivity index (χ4v) is 2.63. The van der Waals surface area contributed by atoms with E-state index in [1.54, 1.807) is 56.4 Å². The molecule has 0 saturated heterocycles. The van der Waals surface area contributed by atoms with Crippen molar-refractivity contribution >= 4 is 23.6 Å². The normalized spacial score (nSPS) is 12.5. The van der Waals surface area contributed by atoms with Gasteiger partial charge in [-0.25, -0.2) is 4.79 Å². The largest absolute Gasteiger partial charge is 0.481 e. The molecule has 2 atom stereocenters. The summed E-state index contributed by atoms with van der Waals surface area (Å²) in [5.41, 5.74) is 2.00. The lowest BCUT2D eigenvalue weighted by Crippen LogP contribution is -2.41. The van der Waals surface area contributed by atoms with Crippen molar-refractivity contribution in [3.05, 3.63) is 65.7 Å². The molecule has 2 unspecified atom stereocenters. The maximum absolute atomic E-state index is 12.3. The Balaban J connectivity index is 1.99. The summed E-state index contributed by atoms with van der Waals surface area (Å²) in [6, 6.07) is 15.4. The van der Waals surface area contributed by atoms with Gasteiger partial charge in [0.15, 0.2) is 0 Å². The Bertz CT molecular complexity index is 839. The number of amides is 3. The highest BCUT2D eigenvalue weighted by Crippen LogP contribution is 2.18. The van der Waals surface area contributed by atoms with Crippen LogP contribution < -0.4 is 10.6 Å². The number of hydrogen-bond acceptors (Lipinski definition) is 3. The molecule has 3 N–H and O–H groups in total. The summed E-state index contributed by atoms with van der Waals surface area (Å²) in [5, 5.41) is 14.6. The van der Waals surface area contributed by atoms with E-state index in [2.05, 4.69) is 10.6 Å². The summed E-state index contributed by atoms with van der Waals surface area (Å²) >= 11 is 0. The molecule has 148 valence electrons. The Morgan fingerprint density at radius 2 is 1.71 bits per heavy atom. The van der Waals surface area contributed by atoms with Gasteiger partial charge in [-0.3, -0.25) is 9.59 Å². The maximum atomic E-state index is 12.3. The van der Waals surface area contributed by atoms with E-state index in [-0.39, 0.29) is 24.5 Å². The van der Waals surface area contributed by atoms with Gasteiger partial charge in [0.25, 0.3) is 5.91 Å². The van der Waals surface area contributed by atoms with Crippen LogP contribution in [0.1, 0.15) is 35.8 Å². The zero-order chi connectivity index (χ0) is 20.7. The number of carboxylic acid groups (broad SMARTS) is 1. The van der Waals surface area contributed by atoms with E-state index in [4.69, 9.17) is 5.11 Å². The van der Waals surface area contributed by atoms with Gasteiger partial charge in [0.1, 0.15) is 0 Å². The lowest BCUT2D eigenvalue weighted by molar-refractivity contribution is -0.141. The fraction of sp³-hybridized carbons (Fsp3) is 0.286. The molecule has 2 rings (SSSR count). The van der Waals surface area contributed by atoms with E-state index in [0.29, 0.717) is 11.3 Å². The van der Waals surface area contributed by atoms with Gasteiger partial charge in [-0.2, -0.15) is 0 Å². The van der Waals surface area contributed by atoms with Gasteiger partial charge in [0.05, 0.1) is 12.0 Å². The molecular weight excluding hydrogens is 358 g/mol. The number of benzene rings is 2. The number of carbonyl (C=O) groups is 3. The third kappa shape index (κ3) is 5.84. The van der Waals surface area contributed by atoms with Crippen LogP contribution in [-0.2, 0) is 4.79 Å². The van der Waals surface area contributed by atoms with Crippen molar-refractivity contribution in [2.75, 3.05) is 18.9 Å². The van der Waals surface area contributed by atoms with Crippen molar-refractivity contribution in [2.45, 2.75) is 19.9 Å². The Hall–Kier alpha value is -3.35. The van der Waals surface area contributed by atoms with Crippen molar-refractivity contribution < 1.29 is 19.5 Å². The minimum Gasteiger partial charge on any atom is -0.481 e. The molecule has 28 heavy (non-hydrogen) atoms. The molecule has 0 bridgehead atoms. The zero-order valence-electron chi connectivity index (χ0n) is 16.2. The third-order valence-electron chi connectivity index (χ3n) is 4.34. The second kappa shape index (κ2) is 9.55. The molecule has 0 radical (unpaired) electrons. The van der Waals surface area contributed by atoms with Crippen LogP contribution in [-0.4, -0.2) is 41.5 Å². The highest BCUT2D eigenvalue weighted by Gasteiger charge is 2.19. The number of anilines is 1. The van der Waals surface area contributed by atoms with Crippen molar-refractivity contribution in [2.24, 2.45) is 5.92 Å². The number of nitrogens with zero attached hydrogens (tertiary/aromatic N) is 1. The number of carbonyl (C=O) groups excluding carboxylic acids is 2. The molecule has 0 fully saturated rings.